The topological polar surface area (TPSA) is 61.8 Å². The number of rotatable bonds is 11. The molecule has 0 amide bonds. The predicted octanol–water partition coefficient (Wildman–Crippen LogP) is 4.53. The molecule has 1 aromatic carbocycles. The van der Waals surface area contributed by atoms with Crippen LogP contribution in [0.5, 0.6) is 11.5 Å². The molecule has 0 aliphatic heterocycles. The number of esters is 2. The molecular weight excluding hydrogens is 320 g/mol. The van der Waals surface area contributed by atoms with Gasteiger partial charge in [0.15, 0.2) is 11.5 Å². The zero-order valence-electron chi connectivity index (χ0n) is 15.7. The van der Waals surface area contributed by atoms with Crippen LogP contribution >= 0.6 is 0 Å². The Morgan fingerprint density at radius 1 is 0.920 bits per heavy atom. The Hall–Kier alpha value is -2.04. The van der Waals surface area contributed by atoms with Crippen LogP contribution in [-0.4, -0.2) is 24.6 Å². The van der Waals surface area contributed by atoms with Crippen LogP contribution in [0.1, 0.15) is 59.8 Å². The predicted molar refractivity (Wildman–Crippen MR) is 96.7 cm³/mol. The van der Waals surface area contributed by atoms with E-state index in [9.17, 15) is 9.59 Å². The van der Waals surface area contributed by atoms with Gasteiger partial charge in [0.2, 0.25) is 0 Å². The Balaban J connectivity index is 2.28. The zero-order chi connectivity index (χ0) is 18.7. The van der Waals surface area contributed by atoms with Gasteiger partial charge in [0.05, 0.1) is 12.7 Å². The van der Waals surface area contributed by atoms with Crippen LogP contribution in [0.15, 0.2) is 24.3 Å². The number of para-hydroxylation sites is 2. The summed E-state index contributed by atoms with van der Waals surface area (Å²) in [5, 5.41) is 0. The molecule has 0 radical (unpaired) electrons. The first-order chi connectivity index (χ1) is 11.9. The molecule has 0 fully saturated rings. The van der Waals surface area contributed by atoms with Gasteiger partial charge >= 0.3 is 11.9 Å². The largest absolute Gasteiger partial charge is 0.487 e. The maximum absolute atomic E-state index is 11.9. The quantitative estimate of drug-likeness (QED) is 0.333. The van der Waals surface area contributed by atoms with Crippen molar-refractivity contribution in [3.05, 3.63) is 24.3 Å². The minimum absolute atomic E-state index is 0.00896. The fourth-order valence-corrected chi connectivity index (χ4v) is 2.19. The van der Waals surface area contributed by atoms with Crippen molar-refractivity contribution in [3.63, 3.8) is 0 Å². The number of hydrogen-bond donors (Lipinski definition) is 0. The van der Waals surface area contributed by atoms with E-state index < -0.39 is 0 Å². The first-order valence-electron chi connectivity index (χ1n) is 9.00. The molecule has 0 unspecified atom stereocenters. The smallest absolute Gasteiger partial charge is 0.311 e. The highest BCUT2D eigenvalue weighted by atomic mass is 16.6. The standard InChI is InChI=1S/C20H30O5/c1-15(2)9-8-14-23-19(21)12-7-13-20(22)25-18-11-6-5-10-17(18)24-16(3)4/h5-6,10-11,15-16H,7-9,12-14H2,1-4H3. The second-order valence-corrected chi connectivity index (χ2v) is 6.70. The van der Waals surface area contributed by atoms with E-state index in [1.807, 2.05) is 19.9 Å². The zero-order valence-corrected chi connectivity index (χ0v) is 15.7. The average Bonchev–Trinajstić information content (AvgIpc) is 2.53. The van der Waals surface area contributed by atoms with E-state index in [1.54, 1.807) is 18.2 Å². The number of ether oxygens (including phenoxy) is 3. The molecule has 0 aliphatic carbocycles. The molecule has 1 aromatic rings. The Labute approximate surface area is 150 Å². The summed E-state index contributed by atoms with van der Waals surface area (Å²) in [6.07, 6.45) is 2.70. The van der Waals surface area contributed by atoms with Crippen molar-refractivity contribution < 1.29 is 23.8 Å². The van der Waals surface area contributed by atoms with Crippen LogP contribution in [0, 0.1) is 5.92 Å². The van der Waals surface area contributed by atoms with Crippen LogP contribution in [0.25, 0.3) is 0 Å². The van der Waals surface area contributed by atoms with Gasteiger partial charge in [-0.25, -0.2) is 0 Å². The molecule has 0 heterocycles. The Morgan fingerprint density at radius 3 is 2.20 bits per heavy atom. The van der Waals surface area contributed by atoms with Crippen LogP contribution in [0.2, 0.25) is 0 Å². The lowest BCUT2D eigenvalue weighted by Crippen LogP contribution is -2.12. The fraction of sp³-hybridized carbons (Fsp3) is 0.600. The van der Waals surface area contributed by atoms with Crippen molar-refractivity contribution in [1.82, 2.24) is 0 Å². The van der Waals surface area contributed by atoms with E-state index in [4.69, 9.17) is 14.2 Å². The number of carbonyl (C=O) groups excluding carboxylic acids is 2. The van der Waals surface area contributed by atoms with Gasteiger partial charge in [-0.1, -0.05) is 26.0 Å². The van der Waals surface area contributed by atoms with Gasteiger partial charge in [-0.3, -0.25) is 9.59 Å². The summed E-state index contributed by atoms with van der Waals surface area (Å²) in [7, 11) is 0. The molecule has 0 aromatic heterocycles. The minimum Gasteiger partial charge on any atom is -0.487 e. The maximum Gasteiger partial charge on any atom is 0.311 e. The third kappa shape index (κ3) is 9.75. The summed E-state index contributed by atoms with van der Waals surface area (Å²) in [6.45, 7) is 8.54. The van der Waals surface area contributed by atoms with Crippen molar-refractivity contribution in [2.45, 2.75) is 65.9 Å². The molecule has 0 saturated carbocycles. The summed E-state index contributed by atoms with van der Waals surface area (Å²) in [5.41, 5.74) is 0. The van der Waals surface area contributed by atoms with E-state index >= 15 is 0 Å². The molecule has 1 rings (SSSR count). The second kappa shape index (κ2) is 11.5. The SMILES string of the molecule is CC(C)CCCOC(=O)CCCC(=O)Oc1ccccc1OC(C)C. The molecule has 0 aliphatic rings. The van der Waals surface area contributed by atoms with E-state index in [0.29, 0.717) is 30.4 Å². The van der Waals surface area contributed by atoms with Crippen LogP contribution < -0.4 is 9.47 Å². The molecule has 5 heteroatoms. The van der Waals surface area contributed by atoms with E-state index in [0.717, 1.165) is 12.8 Å². The first-order valence-corrected chi connectivity index (χ1v) is 9.00. The molecule has 0 atom stereocenters. The average molecular weight is 350 g/mol. The lowest BCUT2D eigenvalue weighted by Gasteiger charge is -2.13. The second-order valence-electron chi connectivity index (χ2n) is 6.70. The van der Waals surface area contributed by atoms with Crippen molar-refractivity contribution in [3.8, 4) is 11.5 Å². The van der Waals surface area contributed by atoms with E-state index in [2.05, 4.69) is 13.8 Å². The minimum atomic E-state index is -0.382. The number of hydrogen-bond acceptors (Lipinski definition) is 5. The lowest BCUT2D eigenvalue weighted by molar-refractivity contribution is -0.144. The molecule has 140 valence electrons. The molecule has 25 heavy (non-hydrogen) atoms. The highest BCUT2D eigenvalue weighted by Crippen LogP contribution is 2.27. The first kappa shape index (κ1) is 21.0. The summed E-state index contributed by atoms with van der Waals surface area (Å²) in [4.78, 5) is 23.5. The van der Waals surface area contributed by atoms with Crippen LogP contribution in [0.4, 0.5) is 0 Å². The summed E-state index contributed by atoms with van der Waals surface area (Å²) >= 11 is 0. The Kier molecular flexibility index (Phi) is 9.66. The number of carbonyl (C=O) groups is 2. The van der Waals surface area contributed by atoms with Gasteiger partial charge in [-0.15, -0.1) is 0 Å². The van der Waals surface area contributed by atoms with Crippen molar-refractivity contribution in [2.24, 2.45) is 5.92 Å². The lowest BCUT2D eigenvalue weighted by atomic mass is 10.1. The van der Waals surface area contributed by atoms with Crippen molar-refractivity contribution >= 4 is 11.9 Å². The molecule has 0 bridgehead atoms. The van der Waals surface area contributed by atoms with Gasteiger partial charge in [0, 0.05) is 12.8 Å². The van der Waals surface area contributed by atoms with E-state index in [1.165, 1.54) is 0 Å². The molecule has 0 N–H and O–H groups in total. The maximum atomic E-state index is 11.9. The Morgan fingerprint density at radius 2 is 1.56 bits per heavy atom. The van der Waals surface area contributed by atoms with Gasteiger partial charge in [-0.2, -0.15) is 0 Å². The number of benzene rings is 1. The fourth-order valence-electron chi connectivity index (χ4n) is 2.19. The van der Waals surface area contributed by atoms with Crippen LogP contribution in [-0.2, 0) is 14.3 Å². The molecule has 0 spiro atoms. The summed E-state index contributed by atoms with van der Waals surface area (Å²) < 4.78 is 16.1. The summed E-state index contributed by atoms with van der Waals surface area (Å²) in [6, 6.07) is 7.06. The van der Waals surface area contributed by atoms with Gasteiger partial charge in [-0.05, 0) is 51.2 Å². The van der Waals surface area contributed by atoms with Gasteiger partial charge in [0.25, 0.3) is 0 Å². The van der Waals surface area contributed by atoms with Crippen molar-refractivity contribution in [2.75, 3.05) is 6.61 Å². The molecule has 5 nitrogen and oxygen atoms in total. The van der Waals surface area contributed by atoms with Crippen LogP contribution in [0.3, 0.4) is 0 Å². The monoisotopic (exact) mass is 350 g/mol. The highest BCUT2D eigenvalue weighted by Gasteiger charge is 2.12. The normalized spacial score (nSPS) is 10.8. The third-order valence-corrected chi connectivity index (χ3v) is 3.39. The van der Waals surface area contributed by atoms with E-state index in [-0.39, 0.29) is 30.9 Å². The van der Waals surface area contributed by atoms with Gasteiger partial charge < -0.3 is 14.2 Å². The third-order valence-electron chi connectivity index (χ3n) is 3.39. The highest BCUT2D eigenvalue weighted by molar-refractivity contribution is 5.74. The summed E-state index contributed by atoms with van der Waals surface area (Å²) in [5.74, 6) is 0.899. The molecule has 0 saturated heterocycles. The van der Waals surface area contributed by atoms with Gasteiger partial charge in [0.1, 0.15) is 0 Å². The molecular formula is C20H30O5. The Bertz CT molecular complexity index is 537. The van der Waals surface area contributed by atoms with Crippen molar-refractivity contribution in [1.29, 1.82) is 0 Å².